The third kappa shape index (κ3) is 4.02. The van der Waals surface area contributed by atoms with Gasteiger partial charge in [0.1, 0.15) is 5.69 Å². The van der Waals surface area contributed by atoms with Crippen LogP contribution in [0.3, 0.4) is 0 Å². The zero-order valence-electron chi connectivity index (χ0n) is 11.7. The van der Waals surface area contributed by atoms with Crippen molar-refractivity contribution >= 4 is 22.3 Å². The predicted octanol–water partition coefficient (Wildman–Crippen LogP) is 1.63. The first kappa shape index (κ1) is 15.6. The van der Waals surface area contributed by atoms with E-state index in [2.05, 4.69) is 10.4 Å². The molecule has 0 fully saturated rings. The normalized spacial score (nSPS) is 12.7. The quantitative estimate of drug-likeness (QED) is 0.468. The van der Waals surface area contributed by atoms with Gasteiger partial charge in [-0.15, -0.1) is 0 Å². The molecule has 8 heteroatoms. The van der Waals surface area contributed by atoms with Crippen LogP contribution in [0.5, 0.6) is 0 Å². The molecule has 0 aromatic carbocycles. The van der Waals surface area contributed by atoms with Gasteiger partial charge in [0.25, 0.3) is 0 Å². The number of aromatic nitrogens is 2. The van der Waals surface area contributed by atoms with Crippen LogP contribution in [0.25, 0.3) is 0 Å². The van der Waals surface area contributed by atoms with Gasteiger partial charge in [-0.25, -0.2) is 4.68 Å². The molecule has 0 aliphatic carbocycles. The van der Waals surface area contributed by atoms with Crippen LogP contribution in [0.4, 0.5) is 11.5 Å². The molecule has 1 rings (SSSR count). The molecule has 0 saturated carbocycles. The van der Waals surface area contributed by atoms with Crippen molar-refractivity contribution in [2.24, 2.45) is 7.05 Å². The van der Waals surface area contributed by atoms with Gasteiger partial charge in [-0.3, -0.25) is 14.3 Å². The Labute approximate surface area is 115 Å². The standard InChI is InChI=1S/C11H20N4O3S/c1-8(2)9-10(15(16)17)11(14(3)13-9)12-6-5-7-19(4)18/h8,12H,5-7H2,1-4H3. The van der Waals surface area contributed by atoms with Crippen LogP contribution in [-0.2, 0) is 17.8 Å². The van der Waals surface area contributed by atoms with Crippen LogP contribution in [0.1, 0.15) is 31.9 Å². The fourth-order valence-corrected chi connectivity index (χ4v) is 2.33. The van der Waals surface area contributed by atoms with E-state index in [0.717, 1.165) is 0 Å². The molecule has 0 amide bonds. The van der Waals surface area contributed by atoms with Gasteiger partial charge in [0, 0.05) is 42.3 Å². The second kappa shape index (κ2) is 6.65. The third-order valence-corrected chi connectivity index (χ3v) is 3.54. The van der Waals surface area contributed by atoms with E-state index in [1.54, 1.807) is 13.3 Å². The average Bonchev–Trinajstić information content (AvgIpc) is 2.62. The number of anilines is 1. The molecule has 7 nitrogen and oxygen atoms in total. The molecule has 0 spiro atoms. The largest absolute Gasteiger partial charge is 0.365 e. The molecule has 1 unspecified atom stereocenters. The summed E-state index contributed by atoms with van der Waals surface area (Å²) in [5, 5.41) is 18.4. The lowest BCUT2D eigenvalue weighted by Gasteiger charge is -2.05. The van der Waals surface area contributed by atoms with Crippen LogP contribution in [0, 0.1) is 10.1 Å². The summed E-state index contributed by atoms with van der Waals surface area (Å²) in [5.41, 5.74) is 0.518. The van der Waals surface area contributed by atoms with Crippen LogP contribution < -0.4 is 5.32 Å². The van der Waals surface area contributed by atoms with Crippen molar-refractivity contribution in [3.05, 3.63) is 15.8 Å². The second-order valence-corrected chi connectivity index (χ2v) is 6.23. The Kier molecular flexibility index (Phi) is 5.46. The number of nitro groups is 1. The van der Waals surface area contributed by atoms with Crippen molar-refractivity contribution in [2.45, 2.75) is 26.2 Å². The van der Waals surface area contributed by atoms with Crippen molar-refractivity contribution in [3.63, 3.8) is 0 Å². The van der Waals surface area contributed by atoms with Gasteiger partial charge in [0.05, 0.1) is 4.92 Å². The van der Waals surface area contributed by atoms with E-state index in [-0.39, 0.29) is 11.6 Å². The van der Waals surface area contributed by atoms with Crippen molar-refractivity contribution in [2.75, 3.05) is 23.9 Å². The minimum Gasteiger partial charge on any atom is -0.365 e. The van der Waals surface area contributed by atoms with Gasteiger partial charge in [0.15, 0.2) is 0 Å². The summed E-state index contributed by atoms with van der Waals surface area (Å²) in [6, 6.07) is 0. The highest BCUT2D eigenvalue weighted by Gasteiger charge is 2.28. The summed E-state index contributed by atoms with van der Waals surface area (Å²) in [5.74, 6) is 0.983. The Balaban J connectivity index is 2.87. The van der Waals surface area contributed by atoms with E-state index in [0.29, 0.717) is 30.2 Å². The first-order chi connectivity index (χ1) is 8.84. The lowest BCUT2D eigenvalue weighted by Crippen LogP contribution is -2.10. The van der Waals surface area contributed by atoms with E-state index >= 15 is 0 Å². The molecule has 0 aliphatic heterocycles. The molecule has 1 N–H and O–H groups in total. The minimum atomic E-state index is -0.841. The van der Waals surface area contributed by atoms with Gasteiger partial charge in [-0.2, -0.15) is 5.10 Å². The zero-order valence-corrected chi connectivity index (χ0v) is 12.5. The van der Waals surface area contributed by atoms with Gasteiger partial charge in [-0.05, 0) is 6.42 Å². The fourth-order valence-electron chi connectivity index (χ4n) is 1.78. The summed E-state index contributed by atoms with van der Waals surface area (Å²) in [7, 11) is 0.838. The number of nitrogens with zero attached hydrogens (tertiary/aromatic N) is 3. The SMILES string of the molecule is CC(C)c1nn(C)c(NCCCS(C)=O)c1[N+](=O)[O-]. The fraction of sp³-hybridized carbons (Fsp3) is 0.727. The molecule has 0 bridgehead atoms. The Morgan fingerprint density at radius 3 is 2.63 bits per heavy atom. The van der Waals surface area contributed by atoms with Crippen molar-refractivity contribution in [1.29, 1.82) is 0 Å². The van der Waals surface area contributed by atoms with Gasteiger partial charge >= 0.3 is 5.69 Å². The summed E-state index contributed by atoms with van der Waals surface area (Å²) >= 11 is 0. The Morgan fingerprint density at radius 2 is 2.16 bits per heavy atom. The highest BCUT2D eigenvalue weighted by molar-refractivity contribution is 7.84. The molecule has 0 saturated heterocycles. The first-order valence-electron chi connectivity index (χ1n) is 6.09. The maximum absolute atomic E-state index is 11.2. The van der Waals surface area contributed by atoms with Crippen molar-refractivity contribution in [1.82, 2.24) is 9.78 Å². The molecule has 1 aromatic rings. The van der Waals surface area contributed by atoms with Gasteiger partial charge in [0.2, 0.25) is 5.82 Å². The third-order valence-electron chi connectivity index (χ3n) is 2.68. The van der Waals surface area contributed by atoms with E-state index in [1.807, 2.05) is 13.8 Å². The van der Waals surface area contributed by atoms with Crippen LogP contribution in [-0.4, -0.2) is 37.5 Å². The maximum Gasteiger partial charge on any atom is 0.334 e. The first-order valence-corrected chi connectivity index (χ1v) is 7.82. The zero-order chi connectivity index (χ0) is 14.6. The van der Waals surface area contributed by atoms with Gasteiger partial charge < -0.3 is 5.32 Å². The van der Waals surface area contributed by atoms with E-state index in [4.69, 9.17) is 0 Å². The van der Waals surface area contributed by atoms with Crippen LogP contribution >= 0.6 is 0 Å². The Morgan fingerprint density at radius 1 is 1.53 bits per heavy atom. The summed E-state index contributed by atoms with van der Waals surface area (Å²) in [6.45, 7) is 4.29. The molecule has 0 radical (unpaired) electrons. The Hall–Kier alpha value is -1.44. The second-order valence-electron chi connectivity index (χ2n) is 4.68. The molecule has 1 heterocycles. The molecule has 0 aliphatic rings. The molecule has 1 aromatic heterocycles. The molecular formula is C11H20N4O3S. The molecule has 1 atom stereocenters. The summed E-state index contributed by atoms with van der Waals surface area (Å²) in [4.78, 5) is 10.8. The van der Waals surface area contributed by atoms with E-state index in [9.17, 15) is 14.3 Å². The van der Waals surface area contributed by atoms with Crippen LogP contribution in [0.15, 0.2) is 0 Å². The topological polar surface area (TPSA) is 90.1 Å². The van der Waals surface area contributed by atoms with Crippen LogP contribution in [0.2, 0.25) is 0 Å². The number of rotatable bonds is 7. The maximum atomic E-state index is 11.2. The minimum absolute atomic E-state index is 0.00899. The highest BCUT2D eigenvalue weighted by Crippen LogP contribution is 2.32. The predicted molar refractivity (Wildman–Crippen MR) is 76.0 cm³/mol. The summed E-state index contributed by atoms with van der Waals surface area (Å²) < 4.78 is 12.4. The summed E-state index contributed by atoms with van der Waals surface area (Å²) in [6.07, 6.45) is 2.34. The monoisotopic (exact) mass is 288 g/mol. The van der Waals surface area contributed by atoms with E-state index in [1.165, 1.54) is 4.68 Å². The number of hydrogen-bond donors (Lipinski definition) is 1. The Bertz CT molecular complexity index is 485. The lowest BCUT2D eigenvalue weighted by atomic mass is 10.1. The number of nitrogens with one attached hydrogen (secondary N) is 1. The smallest absolute Gasteiger partial charge is 0.334 e. The van der Waals surface area contributed by atoms with Crippen molar-refractivity contribution < 1.29 is 9.13 Å². The average molecular weight is 288 g/mol. The van der Waals surface area contributed by atoms with Gasteiger partial charge in [-0.1, -0.05) is 13.8 Å². The molecule has 19 heavy (non-hydrogen) atoms. The molecular weight excluding hydrogens is 268 g/mol. The lowest BCUT2D eigenvalue weighted by molar-refractivity contribution is -0.384. The van der Waals surface area contributed by atoms with Crippen molar-refractivity contribution in [3.8, 4) is 0 Å². The number of hydrogen-bond acceptors (Lipinski definition) is 5. The van der Waals surface area contributed by atoms with E-state index < -0.39 is 15.7 Å². The highest BCUT2D eigenvalue weighted by atomic mass is 32.2. The number of aryl methyl sites for hydroxylation is 1. The molecule has 108 valence electrons.